The van der Waals surface area contributed by atoms with Gasteiger partial charge in [0.15, 0.2) is 5.69 Å². The quantitative estimate of drug-likeness (QED) is 0.752. The largest absolute Gasteiger partial charge is 0.396 e. The van der Waals surface area contributed by atoms with Crippen LogP contribution >= 0.6 is 0 Å². The van der Waals surface area contributed by atoms with Gasteiger partial charge in [-0.1, -0.05) is 5.21 Å². The zero-order valence-corrected chi connectivity index (χ0v) is 10.8. The molecule has 0 saturated carbocycles. The number of nitrogens with one attached hydrogen (secondary N) is 1. The van der Waals surface area contributed by atoms with Crippen molar-refractivity contribution in [1.82, 2.24) is 25.2 Å². The number of hydrogen-bond donors (Lipinski definition) is 2. The van der Waals surface area contributed by atoms with Crippen molar-refractivity contribution in [3.63, 3.8) is 0 Å². The Morgan fingerprint density at radius 1 is 1.42 bits per heavy atom. The summed E-state index contributed by atoms with van der Waals surface area (Å²) in [6.45, 7) is 3.35. The summed E-state index contributed by atoms with van der Waals surface area (Å²) >= 11 is 0. The Labute approximate surface area is 111 Å². The van der Waals surface area contributed by atoms with Crippen LogP contribution in [0.5, 0.6) is 0 Å². The molecule has 2 N–H and O–H groups in total. The molecule has 3 rings (SSSR count). The molecule has 0 aliphatic carbocycles. The molecular weight excluding hydrogens is 246 g/mol. The van der Waals surface area contributed by atoms with E-state index in [0.29, 0.717) is 24.8 Å². The fraction of sp³-hybridized carbons (Fsp3) is 0.750. The van der Waals surface area contributed by atoms with Crippen LogP contribution < -0.4 is 5.32 Å². The van der Waals surface area contributed by atoms with Gasteiger partial charge in [0, 0.05) is 25.6 Å². The van der Waals surface area contributed by atoms with Crippen molar-refractivity contribution in [1.29, 1.82) is 0 Å². The van der Waals surface area contributed by atoms with Crippen LogP contribution in [0.2, 0.25) is 0 Å². The van der Waals surface area contributed by atoms with E-state index in [1.807, 2.05) is 4.68 Å². The Bertz CT molecular complexity index is 449. The molecule has 1 aromatic rings. The lowest BCUT2D eigenvalue weighted by Gasteiger charge is -2.37. The lowest BCUT2D eigenvalue weighted by Crippen LogP contribution is -2.51. The molecular formula is C12H19N5O2. The Morgan fingerprint density at radius 3 is 2.84 bits per heavy atom. The zero-order valence-electron chi connectivity index (χ0n) is 10.8. The predicted octanol–water partition coefficient (Wildman–Crippen LogP) is -0.733. The maximum absolute atomic E-state index is 12.1. The van der Waals surface area contributed by atoms with E-state index < -0.39 is 0 Å². The molecule has 0 aromatic carbocycles. The van der Waals surface area contributed by atoms with Crippen molar-refractivity contribution in [3.05, 3.63) is 11.9 Å². The number of carbonyl (C=O) groups excluding carboxylic acids is 1. The SMILES string of the molecule is O=C(c1cn(C2CCNCC2)nn1)N1CC(CO)C1. The Morgan fingerprint density at radius 2 is 2.16 bits per heavy atom. The molecule has 3 heterocycles. The van der Waals surface area contributed by atoms with Gasteiger partial charge in [0.2, 0.25) is 0 Å². The first-order valence-corrected chi connectivity index (χ1v) is 6.80. The molecule has 0 atom stereocenters. The number of carbonyl (C=O) groups is 1. The highest BCUT2D eigenvalue weighted by molar-refractivity contribution is 5.92. The number of hydrogen-bond acceptors (Lipinski definition) is 5. The summed E-state index contributed by atoms with van der Waals surface area (Å²) in [6.07, 6.45) is 3.80. The summed E-state index contributed by atoms with van der Waals surface area (Å²) in [5.41, 5.74) is 0.412. The fourth-order valence-electron chi connectivity index (χ4n) is 2.64. The summed E-state index contributed by atoms with van der Waals surface area (Å²) in [6, 6.07) is 0.344. The normalized spacial score (nSPS) is 21.4. The topological polar surface area (TPSA) is 83.3 Å². The van der Waals surface area contributed by atoms with Crippen LogP contribution in [0, 0.1) is 5.92 Å². The van der Waals surface area contributed by atoms with E-state index in [1.165, 1.54) is 0 Å². The second-order valence-electron chi connectivity index (χ2n) is 5.32. The van der Waals surface area contributed by atoms with Gasteiger partial charge in [0.25, 0.3) is 5.91 Å². The Hall–Kier alpha value is -1.47. The smallest absolute Gasteiger partial charge is 0.276 e. The maximum Gasteiger partial charge on any atom is 0.276 e. The number of nitrogens with zero attached hydrogens (tertiary/aromatic N) is 4. The van der Waals surface area contributed by atoms with Crippen molar-refractivity contribution in [2.24, 2.45) is 5.92 Å². The van der Waals surface area contributed by atoms with Crippen LogP contribution in [0.3, 0.4) is 0 Å². The molecule has 2 fully saturated rings. The predicted molar refractivity (Wildman–Crippen MR) is 67.6 cm³/mol. The van der Waals surface area contributed by atoms with Crippen molar-refractivity contribution in [2.45, 2.75) is 18.9 Å². The van der Waals surface area contributed by atoms with E-state index in [1.54, 1.807) is 11.1 Å². The van der Waals surface area contributed by atoms with Gasteiger partial charge in [0.1, 0.15) is 0 Å². The number of piperidine rings is 1. The molecule has 104 valence electrons. The average molecular weight is 265 g/mol. The number of likely N-dealkylation sites (tertiary alicyclic amines) is 1. The number of aromatic nitrogens is 3. The lowest BCUT2D eigenvalue weighted by molar-refractivity contribution is 0.0356. The van der Waals surface area contributed by atoms with Gasteiger partial charge in [-0.2, -0.15) is 0 Å². The van der Waals surface area contributed by atoms with Gasteiger partial charge in [-0.25, -0.2) is 4.68 Å². The summed E-state index contributed by atoms with van der Waals surface area (Å²) in [5.74, 6) is 0.147. The summed E-state index contributed by atoms with van der Waals surface area (Å²) in [7, 11) is 0. The first kappa shape index (κ1) is 12.6. The minimum Gasteiger partial charge on any atom is -0.396 e. The maximum atomic E-state index is 12.1. The first-order chi connectivity index (χ1) is 9.28. The highest BCUT2D eigenvalue weighted by Crippen LogP contribution is 2.20. The van der Waals surface area contributed by atoms with Gasteiger partial charge >= 0.3 is 0 Å². The first-order valence-electron chi connectivity index (χ1n) is 6.80. The third kappa shape index (κ3) is 2.48. The van der Waals surface area contributed by atoms with E-state index in [2.05, 4.69) is 15.6 Å². The van der Waals surface area contributed by atoms with Crippen LogP contribution in [0.25, 0.3) is 0 Å². The van der Waals surface area contributed by atoms with Gasteiger partial charge in [-0.15, -0.1) is 5.10 Å². The minimum atomic E-state index is -0.0788. The summed E-state index contributed by atoms with van der Waals surface area (Å²) < 4.78 is 1.82. The van der Waals surface area contributed by atoms with Crippen molar-refractivity contribution in [3.8, 4) is 0 Å². The molecule has 7 heteroatoms. The number of aliphatic hydroxyl groups is 1. The lowest BCUT2D eigenvalue weighted by atomic mass is 10.0. The zero-order chi connectivity index (χ0) is 13.2. The van der Waals surface area contributed by atoms with Crippen molar-refractivity contribution < 1.29 is 9.90 Å². The van der Waals surface area contributed by atoms with E-state index in [-0.39, 0.29) is 18.4 Å². The standard InChI is InChI=1S/C12H19N5O2/c18-8-9-5-16(6-9)12(19)11-7-17(15-14-11)10-1-3-13-4-2-10/h7,9-10,13,18H,1-6,8H2. The molecule has 0 radical (unpaired) electrons. The van der Waals surface area contributed by atoms with Gasteiger partial charge < -0.3 is 15.3 Å². The number of rotatable bonds is 3. The fourth-order valence-corrected chi connectivity index (χ4v) is 2.64. The molecule has 0 spiro atoms. The molecule has 0 bridgehead atoms. The number of amides is 1. The molecule has 1 amide bonds. The second kappa shape index (κ2) is 5.26. The Kier molecular flexibility index (Phi) is 3.48. The van der Waals surface area contributed by atoms with E-state index in [0.717, 1.165) is 25.9 Å². The van der Waals surface area contributed by atoms with Gasteiger partial charge in [-0.05, 0) is 25.9 Å². The van der Waals surface area contributed by atoms with E-state index >= 15 is 0 Å². The van der Waals surface area contributed by atoms with E-state index in [9.17, 15) is 4.79 Å². The van der Waals surface area contributed by atoms with Gasteiger partial charge in [0.05, 0.1) is 12.2 Å². The van der Waals surface area contributed by atoms with Gasteiger partial charge in [-0.3, -0.25) is 4.79 Å². The third-order valence-electron chi connectivity index (χ3n) is 3.91. The summed E-state index contributed by atoms with van der Waals surface area (Å²) in [4.78, 5) is 13.8. The molecule has 2 aliphatic heterocycles. The monoisotopic (exact) mass is 265 g/mol. The number of aliphatic hydroxyl groups excluding tert-OH is 1. The highest BCUT2D eigenvalue weighted by atomic mass is 16.3. The molecule has 2 aliphatic rings. The van der Waals surface area contributed by atoms with Crippen LogP contribution in [0.4, 0.5) is 0 Å². The minimum absolute atomic E-state index is 0.0788. The highest BCUT2D eigenvalue weighted by Gasteiger charge is 2.32. The van der Waals surface area contributed by atoms with Crippen LogP contribution in [0.15, 0.2) is 6.20 Å². The van der Waals surface area contributed by atoms with Crippen LogP contribution in [-0.2, 0) is 0 Å². The van der Waals surface area contributed by atoms with Crippen LogP contribution in [-0.4, -0.2) is 63.7 Å². The second-order valence-corrected chi connectivity index (χ2v) is 5.32. The molecule has 7 nitrogen and oxygen atoms in total. The third-order valence-corrected chi connectivity index (χ3v) is 3.91. The average Bonchev–Trinajstić information content (AvgIpc) is 2.88. The molecule has 1 aromatic heterocycles. The molecule has 0 unspecified atom stereocenters. The van der Waals surface area contributed by atoms with Crippen molar-refractivity contribution >= 4 is 5.91 Å². The van der Waals surface area contributed by atoms with Crippen LogP contribution in [0.1, 0.15) is 29.4 Å². The Balaban J connectivity index is 1.62. The van der Waals surface area contributed by atoms with Crippen molar-refractivity contribution in [2.75, 3.05) is 32.8 Å². The molecule has 2 saturated heterocycles. The van der Waals surface area contributed by atoms with E-state index in [4.69, 9.17) is 5.11 Å². The summed E-state index contributed by atoms with van der Waals surface area (Å²) in [5, 5.41) is 20.3. The molecule has 19 heavy (non-hydrogen) atoms.